The first-order valence-electron chi connectivity index (χ1n) is 5.83. The van der Waals surface area contributed by atoms with Gasteiger partial charge in [0, 0.05) is 0 Å². The Labute approximate surface area is 108 Å². The van der Waals surface area contributed by atoms with Crippen LogP contribution in [-0.4, -0.2) is 18.1 Å². The van der Waals surface area contributed by atoms with Gasteiger partial charge in [0.15, 0.2) is 0 Å². The maximum Gasteiger partial charge on any atom is 0.234 e. The fourth-order valence-electron chi connectivity index (χ4n) is 1.53. The van der Waals surface area contributed by atoms with E-state index in [1.165, 1.54) is 0 Å². The van der Waals surface area contributed by atoms with Crippen LogP contribution in [0.1, 0.15) is 25.8 Å². The summed E-state index contributed by atoms with van der Waals surface area (Å²) in [5, 5.41) is 11.2. The summed E-state index contributed by atoms with van der Waals surface area (Å²) >= 11 is 0. The summed E-state index contributed by atoms with van der Waals surface area (Å²) in [6, 6.07) is 11.7. The quantitative estimate of drug-likeness (QED) is 0.835. The standard InChI is InChI=1S/C14H18N2O2/c1-14(2,16-13(17)8-9-15)11-18-10-12-6-4-3-5-7-12/h3-7H,8,10-11H2,1-2H3,(H,16,17). The van der Waals surface area contributed by atoms with Crippen LogP contribution in [0.3, 0.4) is 0 Å². The van der Waals surface area contributed by atoms with Crippen molar-refractivity contribution >= 4 is 5.91 Å². The number of nitrogens with zero attached hydrogens (tertiary/aromatic N) is 1. The van der Waals surface area contributed by atoms with E-state index in [9.17, 15) is 4.79 Å². The Kier molecular flexibility index (Phi) is 5.34. The Hall–Kier alpha value is -1.86. The third-order valence-corrected chi connectivity index (χ3v) is 2.29. The SMILES string of the molecule is CC(C)(COCc1ccccc1)NC(=O)CC#N. The third kappa shape index (κ3) is 5.46. The van der Waals surface area contributed by atoms with Crippen LogP contribution < -0.4 is 5.32 Å². The van der Waals surface area contributed by atoms with E-state index in [-0.39, 0.29) is 12.3 Å². The van der Waals surface area contributed by atoms with Crippen LogP contribution in [0.5, 0.6) is 0 Å². The molecule has 1 aromatic rings. The first kappa shape index (κ1) is 14.2. The molecule has 4 heteroatoms. The number of carbonyl (C=O) groups is 1. The van der Waals surface area contributed by atoms with Crippen LogP contribution in [-0.2, 0) is 16.1 Å². The molecule has 18 heavy (non-hydrogen) atoms. The number of benzene rings is 1. The van der Waals surface area contributed by atoms with Crippen molar-refractivity contribution in [3.05, 3.63) is 35.9 Å². The first-order valence-corrected chi connectivity index (χ1v) is 5.83. The molecule has 1 N–H and O–H groups in total. The predicted octanol–water partition coefficient (Wildman–Crippen LogP) is 2.01. The van der Waals surface area contributed by atoms with Gasteiger partial charge in [0.05, 0.1) is 24.8 Å². The fourth-order valence-corrected chi connectivity index (χ4v) is 1.53. The molecule has 0 atom stereocenters. The molecule has 1 aromatic carbocycles. The second-order valence-electron chi connectivity index (χ2n) is 4.75. The molecule has 0 aliphatic heterocycles. The normalized spacial score (nSPS) is 10.7. The Balaban J connectivity index is 2.33. The van der Waals surface area contributed by atoms with Gasteiger partial charge in [-0.2, -0.15) is 5.26 Å². The summed E-state index contributed by atoms with van der Waals surface area (Å²) in [6.07, 6.45) is -0.123. The van der Waals surface area contributed by atoms with Crippen molar-refractivity contribution in [1.29, 1.82) is 5.26 Å². The molecule has 96 valence electrons. The lowest BCUT2D eigenvalue weighted by atomic mass is 10.1. The molecule has 0 unspecified atom stereocenters. The molecule has 0 aliphatic carbocycles. The highest BCUT2D eigenvalue weighted by Gasteiger charge is 2.20. The molecular formula is C14H18N2O2. The van der Waals surface area contributed by atoms with E-state index in [4.69, 9.17) is 10.00 Å². The zero-order chi connectivity index (χ0) is 13.4. The van der Waals surface area contributed by atoms with Gasteiger partial charge in [-0.3, -0.25) is 4.79 Å². The predicted molar refractivity (Wildman–Crippen MR) is 68.5 cm³/mol. The van der Waals surface area contributed by atoms with Gasteiger partial charge in [0.25, 0.3) is 0 Å². The zero-order valence-corrected chi connectivity index (χ0v) is 10.8. The van der Waals surface area contributed by atoms with E-state index in [2.05, 4.69) is 5.32 Å². The molecule has 1 rings (SSSR count). The highest BCUT2D eigenvalue weighted by Crippen LogP contribution is 2.07. The van der Waals surface area contributed by atoms with E-state index < -0.39 is 5.54 Å². The molecule has 0 radical (unpaired) electrons. The summed E-state index contributed by atoms with van der Waals surface area (Å²) < 4.78 is 5.57. The smallest absolute Gasteiger partial charge is 0.234 e. The number of nitriles is 1. The lowest BCUT2D eigenvalue weighted by Crippen LogP contribution is -2.46. The van der Waals surface area contributed by atoms with Crippen molar-refractivity contribution in [2.75, 3.05) is 6.61 Å². The number of hydrogen-bond acceptors (Lipinski definition) is 3. The summed E-state index contributed by atoms with van der Waals surface area (Å²) in [7, 11) is 0. The monoisotopic (exact) mass is 246 g/mol. The average molecular weight is 246 g/mol. The topological polar surface area (TPSA) is 62.1 Å². The van der Waals surface area contributed by atoms with Crippen LogP contribution in [0.25, 0.3) is 0 Å². The van der Waals surface area contributed by atoms with Gasteiger partial charge < -0.3 is 10.1 Å². The average Bonchev–Trinajstić information content (AvgIpc) is 2.29. The van der Waals surface area contributed by atoms with Crippen molar-refractivity contribution in [2.24, 2.45) is 0 Å². The van der Waals surface area contributed by atoms with Crippen LogP contribution in [0.2, 0.25) is 0 Å². The lowest BCUT2D eigenvalue weighted by molar-refractivity contribution is -0.122. The second-order valence-corrected chi connectivity index (χ2v) is 4.75. The van der Waals surface area contributed by atoms with Crippen molar-refractivity contribution in [1.82, 2.24) is 5.32 Å². The molecular weight excluding hydrogens is 228 g/mol. The number of carbonyl (C=O) groups excluding carboxylic acids is 1. The van der Waals surface area contributed by atoms with Gasteiger partial charge in [0.1, 0.15) is 6.42 Å². The summed E-state index contributed by atoms with van der Waals surface area (Å²) in [5.74, 6) is -0.272. The number of rotatable bonds is 6. The van der Waals surface area contributed by atoms with Crippen molar-refractivity contribution in [3.63, 3.8) is 0 Å². The molecule has 0 fully saturated rings. The number of hydrogen-bond donors (Lipinski definition) is 1. The maximum absolute atomic E-state index is 11.3. The molecule has 0 spiro atoms. The minimum Gasteiger partial charge on any atom is -0.374 e. The molecule has 0 saturated carbocycles. The Morgan fingerprint density at radius 2 is 2.06 bits per heavy atom. The molecule has 0 aromatic heterocycles. The van der Waals surface area contributed by atoms with E-state index in [1.807, 2.05) is 50.2 Å². The molecule has 1 amide bonds. The maximum atomic E-state index is 11.3. The number of amides is 1. The van der Waals surface area contributed by atoms with Crippen molar-refractivity contribution in [2.45, 2.75) is 32.4 Å². The Morgan fingerprint density at radius 3 is 2.67 bits per heavy atom. The highest BCUT2D eigenvalue weighted by molar-refractivity contribution is 5.78. The van der Waals surface area contributed by atoms with Crippen LogP contribution in [0, 0.1) is 11.3 Å². The molecule has 0 heterocycles. The first-order chi connectivity index (χ1) is 8.53. The van der Waals surface area contributed by atoms with Crippen molar-refractivity contribution in [3.8, 4) is 6.07 Å². The number of nitrogens with one attached hydrogen (secondary N) is 1. The van der Waals surface area contributed by atoms with E-state index in [0.29, 0.717) is 13.2 Å². The molecule has 0 aliphatic rings. The lowest BCUT2D eigenvalue weighted by Gasteiger charge is -2.25. The van der Waals surface area contributed by atoms with Gasteiger partial charge in [-0.05, 0) is 19.4 Å². The zero-order valence-electron chi connectivity index (χ0n) is 10.8. The van der Waals surface area contributed by atoms with Gasteiger partial charge in [-0.15, -0.1) is 0 Å². The second kappa shape index (κ2) is 6.77. The largest absolute Gasteiger partial charge is 0.374 e. The highest BCUT2D eigenvalue weighted by atomic mass is 16.5. The van der Waals surface area contributed by atoms with Gasteiger partial charge in [-0.25, -0.2) is 0 Å². The van der Waals surface area contributed by atoms with E-state index in [0.717, 1.165) is 5.56 Å². The third-order valence-electron chi connectivity index (χ3n) is 2.29. The summed E-state index contributed by atoms with van der Waals surface area (Å²) in [5.41, 5.74) is 0.625. The Morgan fingerprint density at radius 1 is 1.39 bits per heavy atom. The number of ether oxygens (including phenoxy) is 1. The molecule has 0 bridgehead atoms. The van der Waals surface area contributed by atoms with Crippen LogP contribution >= 0.6 is 0 Å². The van der Waals surface area contributed by atoms with Gasteiger partial charge >= 0.3 is 0 Å². The van der Waals surface area contributed by atoms with Crippen molar-refractivity contribution < 1.29 is 9.53 Å². The minimum atomic E-state index is -0.470. The van der Waals surface area contributed by atoms with Gasteiger partial charge in [0.2, 0.25) is 5.91 Å². The summed E-state index contributed by atoms with van der Waals surface area (Å²) in [6.45, 7) is 4.65. The Bertz CT molecular complexity index is 421. The van der Waals surface area contributed by atoms with Gasteiger partial charge in [-0.1, -0.05) is 30.3 Å². The van der Waals surface area contributed by atoms with Crippen LogP contribution in [0.15, 0.2) is 30.3 Å². The fraction of sp³-hybridized carbons (Fsp3) is 0.429. The van der Waals surface area contributed by atoms with Crippen LogP contribution in [0.4, 0.5) is 0 Å². The summed E-state index contributed by atoms with van der Waals surface area (Å²) in [4.78, 5) is 11.3. The van der Waals surface area contributed by atoms with E-state index in [1.54, 1.807) is 0 Å². The minimum absolute atomic E-state index is 0.123. The molecule has 0 saturated heterocycles. The van der Waals surface area contributed by atoms with E-state index >= 15 is 0 Å². The molecule has 4 nitrogen and oxygen atoms in total.